The average Bonchev–Trinajstić information content (AvgIpc) is 2.54. The number of para-hydroxylation sites is 1. The van der Waals surface area contributed by atoms with Crippen LogP contribution in [0.5, 0.6) is 5.75 Å². The summed E-state index contributed by atoms with van der Waals surface area (Å²) in [5.41, 5.74) is -0.0907. The highest BCUT2D eigenvalue weighted by Crippen LogP contribution is 2.25. The number of nitrogens with zero attached hydrogens (tertiary/aromatic N) is 1. The second-order valence-electron chi connectivity index (χ2n) is 6.12. The molecule has 1 aliphatic heterocycles. The van der Waals surface area contributed by atoms with E-state index in [4.69, 9.17) is 9.15 Å². The average molecular weight is 329 g/mol. The lowest BCUT2D eigenvalue weighted by molar-refractivity contribution is 0.0738. The first kappa shape index (κ1) is 16.6. The molecule has 1 amide bonds. The van der Waals surface area contributed by atoms with Crippen LogP contribution in [0.15, 0.2) is 33.5 Å². The molecule has 128 valence electrons. The highest BCUT2D eigenvalue weighted by Gasteiger charge is 2.21. The van der Waals surface area contributed by atoms with Gasteiger partial charge in [0, 0.05) is 18.5 Å². The third kappa shape index (κ3) is 3.45. The van der Waals surface area contributed by atoms with Gasteiger partial charge in [-0.15, -0.1) is 0 Å². The van der Waals surface area contributed by atoms with Crippen molar-refractivity contribution in [1.29, 1.82) is 0 Å². The molecule has 5 nitrogen and oxygen atoms in total. The minimum Gasteiger partial charge on any atom is -0.490 e. The minimum absolute atomic E-state index is 0.108. The summed E-state index contributed by atoms with van der Waals surface area (Å²) in [5.74, 6) is 0.298. The predicted molar refractivity (Wildman–Crippen MR) is 92.6 cm³/mol. The van der Waals surface area contributed by atoms with Gasteiger partial charge in [0.05, 0.1) is 6.61 Å². The summed E-state index contributed by atoms with van der Waals surface area (Å²) >= 11 is 0. The van der Waals surface area contributed by atoms with E-state index in [1.165, 1.54) is 6.42 Å². The second kappa shape index (κ2) is 7.51. The molecule has 0 radical (unpaired) electrons. The van der Waals surface area contributed by atoms with Gasteiger partial charge in [-0.3, -0.25) is 4.79 Å². The van der Waals surface area contributed by atoms with Crippen LogP contribution in [0.3, 0.4) is 0 Å². The van der Waals surface area contributed by atoms with E-state index in [1.807, 2.05) is 19.1 Å². The number of amides is 1. The molecule has 1 aromatic carbocycles. The summed E-state index contributed by atoms with van der Waals surface area (Å²) in [6.45, 7) is 3.76. The zero-order chi connectivity index (χ0) is 16.9. The maximum Gasteiger partial charge on any atom is 0.349 e. The minimum atomic E-state index is -0.596. The first-order chi connectivity index (χ1) is 11.7. The van der Waals surface area contributed by atoms with Crippen LogP contribution in [-0.2, 0) is 0 Å². The number of ether oxygens (including phenoxy) is 1. The SMILES string of the molecule is CCOc1cccc2cc(C(=O)N3CCCCCCC3)c(=O)oc12. The molecular weight excluding hydrogens is 306 g/mol. The molecule has 0 bridgehead atoms. The maximum atomic E-state index is 12.8. The topological polar surface area (TPSA) is 59.8 Å². The molecule has 0 unspecified atom stereocenters. The molecule has 0 N–H and O–H groups in total. The number of fused-ring (bicyclic) bond motifs is 1. The summed E-state index contributed by atoms with van der Waals surface area (Å²) in [4.78, 5) is 26.9. The Kier molecular flexibility index (Phi) is 5.18. The molecule has 1 aliphatic rings. The quantitative estimate of drug-likeness (QED) is 0.807. The van der Waals surface area contributed by atoms with E-state index >= 15 is 0 Å². The van der Waals surface area contributed by atoms with Gasteiger partial charge in [0.25, 0.3) is 5.91 Å². The van der Waals surface area contributed by atoms with Gasteiger partial charge >= 0.3 is 5.63 Å². The molecule has 0 aliphatic carbocycles. The van der Waals surface area contributed by atoms with Crippen molar-refractivity contribution < 1.29 is 13.9 Å². The Labute approximate surface area is 141 Å². The Morgan fingerprint density at radius 3 is 2.58 bits per heavy atom. The van der Waals surface area contributed by atoms with Gasteiger partial charge in [-0.1, -0.05) is 31.4 Å². The molecule has 2 heterocycles. The third-order valence-electron chi connectivity index (χ3n) is 4.40. The monoisotopic (exact) mass is 329 g/mol. The van der Waals surface area contributed by atoms with Crippen LogP contribution < -0.4 is 10.4 Å². The number of hydrogen-bond acceptors (Lipinski definition) is 4. The summed E-state index contributed by atoms with van der Waals surface area (Å²) in [5, 5.41) is 0.705. The fourth-order valence-electron chi connectivity index (χ4n) is 3.16. The zero-order valence-electron chi connectivity index (χ0n) is 14.0. The van der Waals surface area contributed by atoms with Crippen molar-refractivity contribution in [2.45, 2.75) is 39.0 Å². The Hall–Kier alpha value is -2.30. The second-order valence-corrected chi connectivity index (χ2v) is 6.12. The molecule has 0 atom stereocenters. The van der Waals surface area contributed by atoms with Crippen LogP contribution in [0.4, 0.5) is 0 Å². The van der Waals surface area contributed by atoms with Gasteiger partial charge in [-0.05, 0) is 31.9 Å². The van der Waals surface area contributed by atoms with E-state index in [2.05, 4.69) is 0 Å². The van der Waals surface area contributed by atoms with Crippen molar-refractivity contribution >= 4 is 16.9 Å². The fraction of sp³-hybridized carbons (Fsp3) is 0.474. The van der Waals surface area contributed by atoms with Crippen LogP contribution in [0.25, 0.3) is 11.0 Å². The molecular formula is C19H23NO4. The number of carbonyl (C=O) groups is 1. The number of carbonyl (C=O) groups excluding carboxylic acids is 1. The molecule has 2 aromatic rings. The summed E-state index contributed by atoms with van der Waals surface area (Å²) in [6, 6.07) is 7.04. The van der Waals surface area contributed by atoms with Crippen LogP contribution in [0, 0.1) is 0 Å². The molecule has 1 fully saturated rings. The summed E-state index contributed by atoms with van der Waals surface area (Å²) < 4.78 is 10.9. The van der Waals surface area contributed by atoms with E-state index in [0.717, 1.165) is 25.7 Å². The Balaban J connectivity index is 1.95. The summed E-state index contributed by atoms with van der Waals surface area (Å²) in [7, 11) is 0. The standard InChI is InChI=1S/C19H23NO4/c1-2-23-16-10-8-9-14-13-15(19(22)24-17(14)16)18(21)20-11-6-4-3-5-7-12-20/h8-10,13H,2-7,11-12H2,1H3. The number of rotatable bonds is 3. The van der Waals surface area contributed by atoms with Crippen LogP contribution in [0.1, 0.15) is 49.4 Å². The molecule has 5 heteroatoms. The van der Waals surface area contributed by atoms with E-state index in [-0.39, 0.29) is 11.5 Å². The van der Waals surface area contributed by atoms with Gasteiger partial charge in [0.1, 0.15) is 5.56 Å². The van der Waals surface area contributed by atoms with Crippen molar-refractivity contribution in [2.75, 3.05) is 19.7 Å². The van der Waals surface area contributed by atoms with Crippen molar-refractivity contribution in [1.82, 2.24) is 4.90 Å². The van der Waals surface area contributed by atoms with Gasteiger partial charge in [0.2, 0.25) is 0 Å². The highest BCUT2D eigenvalue weighted by atomic mass is 16.5. The molecule has 1 aromatic heterocycles. The number of likely N-dealkylation sites (tertiary alicyclic amines) is 1. The summed E-state index contributed by atoms with van der Waals surface area (Å²) in [6.07, 6.45) is 5.46. The van der Waals surface area contributed by atoms with Crippen molar-refractivity contribution in [3.63, 3.8) is 0 Å². The van der Waals surface area contributed by atoms with E-state index in [1.54, 1.807) is 17.0 Å². The van der Waals surface area contributed by atoms with Crippen molar-refractivity contribution in [3.8, 4) is 5.75 Å². The lowest BCUT2D eigenvalue weighted by Crippen LogP contribution is -2.36. The lowest BCUT2D eigenvalue weighted by atomic mass is 10.1. The first-order valence-corrected chi connectivity index (χ1v) is 8.69. The van der Waals surface area contributed by atoms with Crippen LogP contribution in [0.2, 0.25) is 0 Å². The predicted octanol–water partition coefficient (Wildman–Crippen LogP) is 3.60. The van der Waals surface area contributed by atoms with Gasteiger partial charge in [-0.2, -0.15) is 0 Å². The fourth-order valence-corrected chi connectivity index (χ4v) is 3.16. The Bertz CT molecular complexity index is 773. The normalized spacial score (nSPS) is 15.8. The van der Waals surface area contributed by atoms with Crippen molar-refractivity contribution in [2.24, 2.45) is 0 Å². The molecule has 3 rings (SSSR count). The molecule has 1 saturated heterocycles. The lowest BCUT2D eigenvalue weighted by Gasteiger charge is -2.24. The Morgan fingerprint density at radius 1 is 1.17 bits per heavy atom. The van der Waals surface area contributed by atoms with Crippen LogP contribution in [-0.4, -0.2) is 30.5 Å². The van der Waals surface area contributed by atoms with Gasteiger partial charge < -0.3 is 14.1 Å². The third-order valence-corrected chi connectivity index (χ3v) is 4.40. The van der Waals surface area contributed by atoms with E-state index in [0.29, 0.717) is 36.4 Å². The smallest absolute Gasteiger partial charge is 0.349 e. The van der Waals surface area contributed by atoms with E-state index in [9.17, 15) is 9.59 Å². The number of hydrogen-bond donors (Lipinski definition) is 0. The zero-order valence-corrected chi connectivity index (χ0v) is 14.0. The first-order valence-electron chi connectivity index (χ1n) is 8.69. The van der Waals surface area contributed by atoms with Crippen molar-refractivity contribution in [3.05, 3.63) is 40.2 Å². The maximum absolute atomic E-state index is 12.8. The molecule has 0 saturated carbocycles. The molecule has 24 heavy (non-hydrogen) atoms. The largest absolute Gasteiger partial charge is 0.490 e. The highest BCUT2D eigenvalue weighted by molar-refractivity contribution is 5.97. The molecule has 0 spiro atoms. The number of benzene rings is 1. The van der Waals surface area contributed by atoms with E-state index < -0.39 is 5.63 Å². The van der Waals surface area contributed by atoms with Gasteiger partial charge in [0.15, 0.2) is 11.3 Å². The Morgan fingerprint density at radius 2 is 1.88 bits per heavy atom. The van der Waals surface area contributed by atoms with Crippen LogP contribution >= 0.6 is 0 Å². The van der Waals surface area contributed by atoms with Gasteiger partial charge in [-0.25, -0.2) is 4.79 Å².